The van der Waals surface area contributed by atoms with Crippen molar-refractivity contribution >= 4 is 35.8 Å². The molecule has 0 aromatic heterocycles. The predicted molar refractivity (Wildman–Crippen MR) is 103 cm³/mol. The van der Waals surface area contributed by atoms with Crippen molar-refractivity contribution in [3.63, 3.8) is 0 Å². The molecular formula is C15H32IN5O. The number of carbonyl (C=O) groups is 1. The third-order valence-electron chi connectivity index (χ3n) is 3.82. The number of likely N-dealkylation sites (tertiary alicyclic amines) is 1. The number of hydrogen-bond acceptors (Lipinski definition) is 3. The quantitative estimate of drug-likeness (QED) is 0.394. The highest BCUT2D eigenvalue weighted by Crippen LogP contribution is 2.12. The first kappa shape index (κ1) is 21.4. The van der Waals surface area contributed by atoms with Gasteiger partial charge < -0.3 is 20.4 Å². The van der Waals surface area contributed by atoms with Gasteiger partial charge >= 0.3 is 0 Å². The van der Waals surface area contributed by atoms with Crippen molar-refractivity contribution in [2.45, 2.75) is 45.7 Å². The second-order valence-corrected chi connectivity index (χ2v) is 6.03. The highest BCUT2D eigenvalue weighted by Gasteiger charge is 2.21. The Hall–Kier alpha value is -0.570. The topological polar surface area (TPSA) is 60.0 Å². The Balaban J connectivity index is 0.00000441. The largest absolute Gasteiger partial charge is 0.357 e. The van der Waals surface area contributed by atoms with Crippen LogP contribution in [-0.2, 0) is 4.79 Å². The van der Waals surface area contributed by atoms with Gasteiger partial charge in [0.25, 0.3) is 0 Å². The fraction of sp³-hybridized carbons (Fsp3) is 0.867. The highest BCUT2D eigenvalue weighted by atomic mass is 127. The molecule has 0 atom stereocenters. The van der Waals surface area contributed by atoms with Gasteiger partial charge in [-0.1, -0.05) is 0 Å². The predicted octanol–water partition coefficient (Wildman–Crippen LogP) is 1.12. The van der Waals surface area contributed by atoms with Crippen LogP contribution in [0.25, 0.3) is 0 Å². The number of rotatable bonds is 5. The van der Waals surface area contributed by atoms with E-state index in [-0.39, 0.29) is 36.4 Å². The summed E-state index contributed by atoms with van der Waals surface area (Å²) in [5.41, 5.74) is 0. The molecule has 1 amide bonds. The first-order chi connectivity index (χ1) is 9.93. The normalized spacial score (nSPS) is 17.1. The molecule has 1 heterocycles. The molecule has 1 fully saturated rings. The molecule has 22 heavy (non-hydrogen) atoms. The molecule has 0 aliphatic carbocycles. The summed E-state index contributed by atoms with van der Waals surface area (Å²) >= 11 is 0. The molecule has 130 valence electrons. The molecule has 0 unspecified atom stereocenters. The monoisotopic (exact) mass is 425 g/mol. The minimum atomic E-state index is 0. The molecule has 0 radical (unpaired) electrons. The molecule has 6 nitrogen and oxygen atoms in total. The Morgan fingerprint density at radius 2 is 1.91 bits per heavy atom. The molecule has 1 saturated heterocycles. The number of halogens is 1. The third kappa shape index (κ3) is 7.62. The number of aliphatic imine (C=N–C) groups is 1. The van der Waals surface area contributed by atoms with E-state index in [0.29, 0.717) is 12.1 Å². The molecule has 2 N–H and O–H groups in total. The zero-order valence-electron chi connectivity index (χ0n) is 14.6. The van der Waals surface area contributed by atoms with Crippen LogP contribution in [-0.4, -0.2) is 74.0 Å². The minimum Gasteiger partial charge on any atom is -0.357 e. The van der Waals surface area contributed by atoms with Crippen molar-refractivity contribution in [3.05, 3.63) is 0 Å². The van der Waals surface area contributed by atoms with E-state index in [0.717, 1.165) is 38.4 Å². The second-order valence-electron chi connectivity index (χ2n) is 6.03. The molecule has 7 heteroatoms. The van der Waals surface area contributed by atoms with E-state index >= 15 is 0 Å². The van der Waals surface area contributed by atoms with Gasteiger partial charge in [-0.15, -0.1) is 24.0 Å². The molecule has 0 bridgehead atoms. The first-order valence-electron chi connectivity index (χ1n) is 7.93. The standard InChI is InChI=1S/C15H31N5O.HI/c1-6-16-15(17-11-14(21)19(4)5)18-13-7-9-20(10-8-13)12(2)3;/h12-13H,6-11H2,1-5H3,(H2,16,17,18);1H. The van der Waals surface area contributed by atoms with E-state index in [4.69, 9.17) is 0 Å². The molecule has 1 aliphatic rings. The Labute approximate surface area is 152 Å². The van der Waals surface area contributed by atoms with Crippen LogP contribution in [0.2, 0.25) is 0 Å². The van der Waals surface area contributed by atoms with E-state index in [9.17, 15) is 4.79 Å². The van der Waals surface area contributed by atoms with Crippen LogP contribution in [0.3, 0.4) is 0 Å². The average molecular weight is 425 g/mol. The fourth-order valence-corrected chi connectivity index (χ4v) is 2.36. The van der Waals surface area contributed by atoms with E-state index < -0.39 is 0 Å². The van der Waals surface area contributed by atoms with Gasteiger partial charge in [-0.3, -0.25) is 4.79 Å². The molecule has 0 saturated carbocycles. The Kier molecular flexibility index (Phi) is 10.8. The van der Waals surface area contributed by atoms with Gasteiger partial charge in [-0.2, -0.15) is 0 Å². The Morgan fingerprint density at radius 1 is 1.32 bits per heavy atom. The number of carbonyl (C=O) groups excluding carboxylic acids is 1. The van der Waals surface area contributed by atoms with E-state index in [2.05, 4.69) is 34.4 Å². The number of piperidine rings is 1. The smallest absolute Gasteiger partial charge is 0.243 e. The second kappa shape index (κ2) is 11.0. The number of likely N-dealkylation sites (N-methyl/N-ethyl adjacent to an activating group) is 1. The zero-order chi connectivity index (χ0) is 15.8. The molecule has 0 aromatic rings. The maximum atomic E-state index is 11.6. The third-order valence-corrected chi connectivity index (χ3v) is 3.82. The summed E-state index contributed by atoms with van der Waals surface area (Å²) in [6, 6.07) is 1.05. The summed E-state index contributed by atoms with van der Waals surface area (Å²) in [5, 5.41) is 6.66. The maximum absolute atomic E-state index is 11.6. The van der Waals surface area contributed by atoms with Crippen LogP contribution >= 0.6 is 24.0 Å². The van der Waals surface area contributed by atoms with Crippen molar-refractivity contribution in [2.75, 3.05) is 40.3 Å². The van der Waals surface area contributed by atoms with Gasteiger partial charge in [0.1, 0.15) is 6.54 Å². The van der Waals surface area contributed by atoms with Crippen LogP contribution in [0, 0.1) is 0 Å². The van der Waals surface area contributed by atoms with Crippen LogP contribution in [0.4, 0.5) is 0 Å². The summed E-state index contributed by atoms with van der Waals surface area (Å²) < 4.78 is 0. The Bertz CT molecular complexity index is 352. The molecule has 0 spiro atoms. The van der Waals surface area contributed by atoms with Crippen molar-refractivity contribution in [1.82, 2.24) is 20.4 Å². The summed E-state index contributed by atoms with van der Waals surface area (Å²) in [7, 11) is 3.50. The number of hydrogen-bond donors (Lipinski definition) is 2. The molecular weight excluding hydrogens is 393 g/mol. The van der Waals surface area contributed by atoms with E-state index in [1.54, 1.807) is 19.0 Å². The van der Waals surface area contributed by atoms with Gasteiger partial charge in [0, 0.05) is 45.8 Å². The lowest BCUT2D eigenvalue weighted by molar-refractivity contribution is -0.127. The van der Waals surface area contributed by atoms with Crippen LogP contribution in [0.1, 0.15) is 33.6 Å². The van der Waals surface area contributed by atoms with Crippen LogP contribution in [0.5, 0.6) is 0 Å². The SMILES string of the molecule is CCNC(=NCC(=O)N(C)C)NC1CCN(C(C)C)CC1.I. The number of nitrogens with zero attached hydrogens (tertiary/aromatic N) is 3. The average Bonchev–Trinajstić information content (AvgIpc) is 2.45. The number of nitrogens with one attached hydrogen (secondary N) is 2. The van der Waals surface area contributed by atoms with Crippen molar-refractivity contribution in [3.8, 4) is 0 Å². The summed E-state index contributed by atoms with van der Waals surface area (Å²) in [6.45, 7) is 9.74. The van der Waals surface area contributed by atoms with Crippen LogP contribution < -0.4 is 10.6 Å². The lowest BCUT2D eigenvalue weighted by Gasteiger charge is -2.35. The lowest BCUT2D eigenvalue weighted by atomic mass is 10.0. The van der Waals surface area contributed by atoms with Crippen molar-refractivity contribution in [2.24, 2.45) is 4.99 Å². The van der Waals surface area contributed by atoms with Gasteiger partial charge in [0.15, 0.2) is 5.96 Å². The highest BCUT2D eigenvalue weighted by molar-refractivity contribution is 14.0. The van der Waals surface area contributed by atoms with E-state index in [1.165, 1.54) is 0 Å². The number of guanidine groups is 1. The van der Waals surface area contributed by atoms with Gasteiger partial charge in [-0.25, -0.2) is 4.99 Å². The molecule has 1 rings (SSSR count). The zero-order valence-corrected chi connectivity index (χ0v) is 16.9. The Morgan fingerprint density at radius 3 is 2.36 bits per heavy atom. The van der Waals surface area contributed by atoms with Crippen molar-refractivity contribution in [1.29, 1.82) is 0 Å². The maximum Gasteiger partial charge on any atom is 0.243 e. The number of amides is 1. The minimum absolute atomic E-state index is 0. The lowest BCUT2D eigenvalue weighted by Crippen LogP contribution is -2.50. The van der Waals surface area contributed by atoms with Gasteiger partial charge in [-0.05, 0) is 33.6 Å². The molecule has 1 aliphatic heterocycles. The van der Waals surface area contributed by atoms with Crippen LogP contribution in [0.15, 0.2) is 4.99 Å². The summed E-state index contributed by atoms with van der Waals surface area (Å²) in [5.74, 6) is 0.762. The first-order valence-corrected chi connectivity index (χ1v) is 7.93. The molecule has 0 aromatic carbocycles. The fourth-order valence-electron chi connectivity index (χ4n) is 2.36. The van der Waals surface area contributed by atoms with E-state index in [1.807, 2.05) is 6.92 Å². The van der Waals surface area contributed by atoms with Crippen molar-refractivity contribution < 1.29 is 4.79 Å². The summed E-state index contributed by atoms with van der Waals surface area (Å²) in [6.07, 6.45) is 2.23. The van der Waals surface area contributed by atoms with Gasteiger partial charge in [0.2, 0.25) is 5.91 Å². The van der Waals surface area contributed by atoms with Gasteiger partial charge in [0.05, 0.1) is 0 Å². The summed E-state index contributed by atoms with van der Waals surface area (Å²) in [4.78, 5) is 20.1.